The number of phosphoric acid groups is 1. The maximum atomic E-state index is 11.8. The molecular formula is C21H19ClNO4PS. The predicted octanol–water partition coefficient (Wildman–Crippen LogP) is 5.78. The molecule has 3 aromatic carbocycles. The fourth-order valence-electron chi connectivity index (χ4n) is 3.64. The Morgan fingerprint density at radius 1 is 0.966 bits per heavy atom. The van der Waals surface area contributed by atoms with Gasteiger partial charge < -0.3 is 14.7 Å². The van der Waals surface area contributed by atoms with Gasteiger partial charge in [-0.1, -0.05) is 59.8 Å². The molecule has 29 heavy (non-hydrogen) atoms. The number of hydrogen-bond donors (Lipinski definition) is 2. The summed E-state index contributed by atoms with van der Waals surface area (Å²) in [5.74, 6) is -0.369. The third kappa shape index (κ3) is 4.38. The average Bonchev–Trinajstić information content (AvgIpc) is 2.69. The van der Waals surface area contributed by atoms with Gasteiger partial charge in [0.15, 0.2) is 0 Å². The first-order valence-electron chi connectivity index (χ1n) is 8.91. The topological polar surface area (TPSA) is 70.0 Å². The van der Waals surface area contributed by atoms with Crippen molar-refractivity contribution in [3.63, 3.8) is 0 Å². The van der Waals surface area contributed by atoms with Crippen molar-refractivity contribution in [1.82, 2.24) is 0 Å². The Hall–Kier alpha value is -1.79. The number of fused-ring (bicyclic) bond motifs is 2. The van der Waals surface area contributed by atoms with Gasteiger partial charge in [0.25, 0.3) is 0 Å². The molecule has 1 aliphatic rings. The van der Waals surface area contributed by atoms with E-state index < -0.39 is 13.3 Å². The van der Waals surface area contributed by atoms with E-state index in [0.717, 1.165) is 27.4 Å². The molecule has 1 heterocycles. The lowest BCUT2D eigenvalue weighted by Gasteiger charge is -2.38. The maximum Gasteiger partial charge on any atom is 0.470 e. The van der Waals surface area contributed by atoms with E-state index >= 15 is 0 Å². The Bertz CT molecular complexity index is 1020. The zero-order chi connectivity index (χ0) is 20.6. The number of para-hydroxylation sites is 2. The van der Waals surface area contributed by atoms with Crippen LogP contribution in [0.5, 0.6) is 0 Å². The minimum Gasteiger partial charge on any atom is -0.344 e. The lowest BCUT2D eigenvalue weighted by Crippen LogP contribution is -2.28. The predicted molar refractivity (Wildman–Crippen MR) is 117 cm³/mol. The van der Waals surface area contributed by atoms with Gasteiger partial charge in [-0.25, -0.2) is 4.57 Å². The molecule has 150 valence electrons. The van der Waals surface area contributed by atoms with Gasteiger partial charge in [-0.15, -0.1) is 0 Å². The fourth-order valence-corrected chi connectivity index (χ4v) is 5.65. The summed E-state index contributed by atoms with van der Waals surface area (Å²) in [7, 11) is -2.75. The first kappa shape index (κ1) is 20.5. The van der Waals surface area contributed by atoms with Crippen molar-refractivity contribution in [3.05, 3.63) is 88.9 Å². The second-order valence-corrected chi connectivity index (χ2v) is 9.49. The lowest BCUT2D eigenvalue weighted by molar-refractivity contribution is 0.173. The molecule has 1 aliphatic heterocycles. The second kappa shape index (κ2) is 8.15. The van der Waals surface area contributed by atoms with Crippen molar-refractivity contribution >= 4 is 42.6 Å². The number of hydrogen-bond acceptors (Lipinski definition) is 4. The van der Waals surface area contributed by atoms with E-state index in [9.17, 15) is 14.4 Å². The van der Waals surface area contributed by atoms with Gasteiger partial charge in [0.2, 0.25) is 0 Å². The summed E-state index contributed by atoms with van der Waals surface area (Å²) in [6, 6.07) is 22.8. The summed E-state index contributed by atoms with van der Waals surface area (Å²) in [6.45, 7) is 0. The molecule has 2 N–H and O–H groups in total. The van der Waals surface area contributed by atoms with Crippen LogP contribution in [0.4, 0.5) is 11.4 Å². The molecule has 0 aliphatic carbocycles. The van der Waals surface area contributed by atoms with Crippen molar-refractivity contribution in [2.24, 2.45) is 0 Å². The third-order valence-corrected chi connectivity index (χ3v) is 6.89. The van der Waals surface area contributed by atoms with E-state index in [2.05, 4.69) is 4.90 Å². The lowest BCUT2D eigenvalue weighted by atomic mass is 9.85. The standard InChI is InChI=1S/C21H19ClNO4PS/c1-23-18-8-4-2-6-16(18)20(17-7-3-5-9-19(17)23)21(27-28(24,25)26)29-15-12-10-14(22)11-13-15/h2-13,20-21H,1H3,(H2,24,25,26). The van der Waals surface area contributed by atoms with E-state index in [-0.39, 0.29) is 5.92 Å². The highest BCUT2D eigenvalue weighted by Gasteiger charge is 2.38. The Labute approximate surface area is 178 Å². The Balaban J connectivity index is 1.84. The van der Waals surface area contributed by atoms with Gasteiger partial charge in [-0.2, -0.15) is 0 Å². The Morgan fingerprint density at radius 2 is 1.48 bits per heavy atom. The van der Waals surface area contributed by atoms with Crippen LogP contribution in [-0.4, -0.2) is 22.3 Å². The molecular weight excluding hydrogens is 429 g/mol. The zero-order valence-corrected chi connectivity index (χ0v) is 17.9. The number of thioether (sulfide) groups is 1. The summed E-state index contributed by atoms with van der Waals surface area (Å²) in [6.07, 6.45) is 0. The largest absolute Gasteiger partial charge is 0.470 e. The van der Waals surface area contributed by atoms with Crippen molar-refractivity contribution in [1.29, 1.82) is 0 Å². The summed E-state index contributed by atoms with van der Waals surface area (Å²) >= 11 is 7.25. The fraction of sp³-hybridized carbons (Fsp3) is 0.143. The van der Waals surface area contributed by atoms with Crippen molar-refractivity contribution in [2.75, 3.05) is 11.9 Å². The minimum absolute atomic E-state index is 0.369. The second-order valence-electron chi connectivity index (χ2n) is 6.69. The normalized spacial score (nSPS) is 15.0. The molecule has 5 nitrogen and oxygen atoms in total. The van der Waals surface area contributed by atoms with Gasteiger partial charge in [0, 0.05) is 34.3 Å². The number of nitrogens with zero attached hydrogens (tertiary/aromatic N) is 1. The molecule has 3 aromatic rings. The summed E-state index contributed by atoms with van der Waals surface area (Å²) in [4.78, 5) is 22.2. The van der Waals surface area contributed by atoms with E-state index in [0.29, 0.717) is 5.02 Å². The number of halogens is 1. The molecule has 0 spiro atoms. The number of phosphoric ester groups is 1. The zero-order valence-electron chi connectivity index (χ0n) is 15.5. The van der Waals surface area contributed by atoms with Crippen LogP contribution in [0.2, 0.25) is 5.02 Å². The van der Waals surface area contributed by atoms with E-state index in [1.807, 2.05) is 67.7 Å². The van der Waals surface area contributed by atoms with Crippen molar-refractivity contribution in [3.8, 4) is 0 Å². The molecule has 0 fully saturated rings. The molecule has 4 rings (SSSR count). The van der Waals surface area contributed by atoms with Crippen LogP contribution in [-0.2, 0) is 9.09 Å². The number of anilines is 2. The molecule has 8 heteroatoms. The molecule has 0 aromatic heterocycles. The highest BCUT2D eigenvalue weighted by molar-refractivity contribution is 8.00. The van der Waals surface area contributed by atoms with Crippen LogP contribution in [0.15, 0.2) is 77.7 Å². The van der Waals surface area contributed by atoms with Crippen LogP contribution < -0.4 is 4.90 Å². The molecule has 0 saturated heterocycles. The molecule has 0 saturated carbocycles. The van der Waals surface area contributed by atoms with E-state index in [4.69, 9.17) is 16.1 Å². The van der Waals surface area contributed by atoms with Crippen LogP contribution >= 0.6 is 31.2 Å². The highest BCUT2D eigenvalue weighted by atomic mass is 35.5. The monoisotopic (exact) mass is 447 g/mol. The SMILES string of the molecule is CN1c2ccccc2C(C(OP(=O)(O)O)Sc2ccc(Cl)cc2)c2ccccc21. The quantitative estimate of drug-likeness (QED) is 0.293. The molecule has 0 radical (unpaired) electrons. The molecule has 0 amide bonds. The average molecular weight is 448 g/mol. The van der Waals surface area contributed by atoms with Gasteiger partial charge in [-0.3, -0.25) is 4.52 Å². The third-order valence-electron chi connectivity index (χ3n) is 4.85. The molecule has 1 unspecified atom stereocenters. The van der Waals surface area contributed by atoms with E-state index in [1.54, 1.807) is 12.1 Å². The summed E-state index contributed by atoms with van der Waals surface area (Å²) < 4.78 is 17.2. The maximum absolute atomic E-state index is 11.8. The van der Waals surface area contributed by atoms with Crippen LogP contribution in [0.1, 0.15) is 17.0 Å². The van der Waals surface area contributed by atoms with Crippen LogP contribution in [0, 0.1) is 0 Å². The number of rotatable bonds is 5. The Morgan fingerprint density at radius 3 is 2.00 bits per heavy atom. The van der Waals surface area contributed by atoms with Crippen LogP contribution in [0.25, 0.3) is 0 Å². The first-order chi connectivity index (χ1) is 13.8. The Kier molecular flexibility index (Phi) is 5.76. The van der Waals surface area contributed by atoms with E-state index in [1.165, 1.54) is 11.8 Å². The van der Waals surface area contributed by atoms with Gasteiger partial charge in [-0.05, 0) is 47.5 Å². The van der Waals surface area contributed by atoms with Crippen LogP contribution in [0.3, 0.4) is 0 Å². The van der Waals surface area contributed by atoms with Gasteiger partial charge >= 0.3 is 7.82 Å². The highest BCUT2D eigenvalue weighted by Crippen LogP contribution is 2.53. The summed E-state index contributed by atoms with van der Waals surface area (Å²) in [5, 5.41) is 0.594. The molecule has 0 bridgehead atoms. The summed E-state index contributed by atoms with van der Waals surface area (Å²) in [5.41, 5.74) is 3.02. The minimum atomic E-state index is -4.73. The van der Waals surface area contributed by atoms with Crippen molar-refractivity contribution in [2.45, 2.75) is 16.2 Å². The number of benzene rings is 3. The smallest absolute Gasteiger partial charge is 0.344 e. The van der Waals surface area contributed by atoms with Gasteiger partial charge in [0.05, 0.1) is 0 Å². The van der Waals surface area contributed by atoms with Gasteiger partial charge in [0.1, 0.15) is 5.44 Å². The first-order valence-corrected chi connectivity index (χ1v) is 11.7. The molecule has 1 atom stereocenters. The van der Waals surface area contributed by atoms with Crippen molar-refractivity contribution < 1.29 is 18.9 Å².